The minimum atomic E-state index is -0.219. The summed E-state index contributed by atoms with van der Waals surface area (Å²) in [6.07, 6.45) is 7.09. The number of allylic oxidation sites excluding steroid dienone is 2. The van der Waals surface area contributed by atoms with Gasteiger partial charge in [0, 0.05) is 17.5 Å². The van der Waals surface area contributed by atoms with E-state index in [2.05, 4.69) is 37.4 Å². The molecule has 4 heteroatoms. The van der Waals surface area contributed by atoms with Gasteiger partial charge < -0.3 is 5.73 Å². The van der Waals surface area contributed by atoms with Gasteiger partial charge in [-0.2, -0.15) is 5.10 Å². The number of carbonyl (C=O) groups excluding carboxylic acids is 1. The minimum absolute atomic E-state index is 0.219. The molecule has 114 valence electrons. The number of hydrogen-bond donors (Lipinski definition) is 2. The third-order valence-corrected chi connectivity index (χ3v) is 3.15. The van der Waals surface area contributed by atoms with Gasteiger partial charge in [-0.25, -0.2) is 5.43 Å². The smallest absolute Gasteiger partial charge is 0.271 e. The van der Waals surface area contributed by atoms with Crippen molar-refractivity contribution in [2.24, 2.45) is 11.0 Å². The first-order valence-corrected chi connectivity index (χ1v) is 7.29. The van der Waals surface area contributed by atoms with Crippen LogP contribution in [0.25, 0.3) is 0 Å². The topological polar surface area (TPSA) is 67.5 Å². The molecule has 0 aliphatic carbocycles. The highest BCUT2D eigenvalue weighted by molar-refractivity contribution is 5.94. The summed E-state index contributed by atoms with van der Waals surface area (Å²) >= 11 is 0. The molecule has 0 bridgehead atoms. The van der Waals surface area contributed by atoms with Crippen molar-refractivity contribution in [3.8, 4) is 0 Å². The Morgan fingerprint density at radius 1 is 1.33 bits per heavy atom. The Labute approximate surface area is 127 Å². The van der Waals surface area contributed by atoms with Gasteiger partial charge in [0.05, 0.1) is 0 Å². The Hall–Kier alpha value is -2.10. The lowest BCUT2D eigenvalue weighted by atomic mass is 10.0. The molecule has 0 radical (unpaired) electrons. The zero-order valence-electron chi connectivity index (χ0n) is 13.1. The van der Waals surface area contributed by atoms with E-state index in [9.17, 15) is 4.79 Å². The lowest BCUT2D eigenvalue weighted by Gasteiger charge is -2.06. The van der Waals surface area contributed by atoms with Gasteiger partial charge >= 0.3 is 0 Å². The molecule has 1 amide bonds. The van der Waals surface area contributed by atoms with E-state index in [-0.39, 0.29) is 5.91 Å². The van der Waals surface area contributed by atoms with Crippen molar-refractivity contribution >= 4 is 17.8 Å². The van der Waals surface area contributed by atoms with E-state index >= 15 is 0 Å². The lowest BCUT2D eigenvalue weighted by Crippen LogP contribution is -2.17. The summed E-state index contributed by atoms with van der Waals surface area (Å²) in [4.78, 5) is 11.8. The molecule has 1 rings (SSSR count). The summed E-state index contributed by atoms with van der Waals surface area (Å²) in [5, 5.41) is 3.98. The lowest BCUT2D eigenvalue weighted by molar-refractivity contribution is 0.0955. The van der Waals surface area contributed by atoms with Gasteiger partial charge in [0.2, 0.25) is 0 Å². The zero-order chi connectivity index (χ0) is 15.7. The Morgan fingerprint density at radius 2 is 2.00 bits per heavy atom. The van der Waals surface area contributed by atoms with Crippen LogP contribution in [-0.2, 0) is 0 Å². The van der Waals surface area contributed by atoms with E-state index in [0.29, 0.717) is 17.2 Å². The largest absolute Gasteiger partial charge is 0.399 e. The number of nitrogen functional groups attached to an aromatic ring is 1. The van der Waals surface area contributed by atoms with Crippen LogP contribution in [0.15, 0.2) is 41.0 Å². The molecule has 1 atom stereocenters. The van der Waals surface area contributed by atoms with Crippen LogP contribution in [-0.4, -0.2) is 12.1 Å². The van der Waals surface area contributed by atoms with E-state index in [1.807, 2.05) is 0 Å². The van der Waals surface area contributed by atoms with Gasteiger partial charge in [-0.15, -0.1) is 0 Å². The first-order valence-electron chi connectivity index (χ1n) is 7.29. The molecule has 4 nitrogen and oxygen atoms in total. The summed E-state index contributed by atoms with van der Waals surface area (Å²) in [5.41, 5.74) is 10.6. The minimum Gasteiger partial charge on any atom is -0.399 e. The van der Waals surface area contributed by atoms with E-state index in [0.717, 1.165) is 19.3 Å². The SMILES string of the molecule is CC(C)=CCC[C@@H](C)C/C=N\NC(=O)c1ccc(N)cc1. The monoisotopic (exact) mass is 287 g/mol. The summed E-state index contributed by atoms with van der Waals surface area (Å²) in [5.74, 6) is 0.334. The van der Waals surface area contributed by atoms with Crippen LogP contribution in [0.4, 0.5) is 5.69 Å². The summed E-state index contributed by atoms with van der Waals surface area (Å²) in [6.45, 7) is 6.41. The maximum atomic E-state index is 11.8. The summed E-state index contributed by atoms with van der Waals surface area (Å²) in [6, 6.07) is 6.76. The van der Waals surface area contributed by atoms with Crippen molar-refractivity contribution in [3.05, 3.63) is 41.5 Å². The fourth-order valence-corrected chi connectivity index (χ4v) is 1.81. The highest BCUT2D eigenvalue weighted by atomic mass is 16.2. The highest BCUT2D eigenvalue weighted by Gasteiger charge is 2.03. The molecule has 3 N–H and O–H groups in total. The zero-order valence-corrected chi connectivity index (χ0v) is 13.1. The average Bonchev–Trinajstić information content (AvgIpc) is 2.43. The van der Waals surface area contributed by atoms with Crippen molar-refractivity contribution in [2.45, 2.75) is 40.0 Å². The molecule has 0 fully saturated rings. The molecule has 0 saturated heterocycles. The predicted molar refractivity (Wildman–Crippen MR) is 89.3 cm³/mol. The van der Waals surface area contributed by atoms with Crippen LogP contribution in [0.3, 0.4) is 0 Å². The first kappa shape index (κ1) is 17.0. The van der Waals surface area contributed by atoms with Gasteiger partial charge in [-0.3, -0.25) is 4.79 Å². The fraction of sp³-hybridized carbons (Fsp3) is 0.412. The fourth-order valence-electron chi connectivity index (χ4n) is 1.81. The first-order chi connectivity index (χ1) is 9.99. The number of nitrogens with one attached hydrogen (secondary N) is 1. The number of anilines is 1. The maximum Gasteiger partial charge on any atom is 0.271 e. The van der Waals surface area contributed by atoms with Crippen LogP contribution >= 0.6 is 0 Å². The Kier molecular flexibility index (Phi) is 7.23. The number of hydrogen-bond acceptors (Lipinski definition) is 3. The molecule has 1 aromatic carbocycles. The quantitative estimate of drug-likeness (QED) is 0.347. The average molecular weight is 287 g/mol. The van der Waals surface area contributed by atoms with Crippen molar-refractivity contribution < 1.29 is 4.79 Å². The normalized spacial score (nSPS) is 12.1. The van der Waals surface area contributed by atoms with E-state index in [1.54, 1.807) is 30.5 Å². The van der Waals surface area contributed by atoms with Crippen LogP contribution in [0, 0.1) is 5.92 Å². The van der Waals surface area contributed by atoms with Crippen LogP contribution in [0.1, 0.15) is 50.4 Å². The number of nitrogens with zero attached hydrogens (tertiary/aromatic N) is 1. The number of rotatable bonds is 7. The molecule has 21 heavy (non-hydrogen) atoms. The molecule has 1 aromatic rings. The molecule has 0 aliphatic rings. The Balaban J connectivity index is 2.29. The molecular weight excluding hydrogens is 262 g/mol. The number of nitrogens with two attached hydrogens (primary N) is 1. The maximum absolute atomic E-state index is 11.8. The molecule has 0 heterocycles. The molecule has 0 saturated carbocycles. The van der Waals surface area contributed by atoms with Crippen molar-refractivity contribution in [1.29, 1.82) is 0 Å². The molecular formula is C17H25N3O. The van der Waals surface area contributed by atoms with Gasteiger partial charge in [0.15, 0.2) is 0 Å². The Morgan fingerprint density at radius 3 is 2.62 bits per heavy atom. The number of hydrazone groups is 1. The second kappa shape index (κ2) is 8.95. The summed E-state index contributed by atoms with van der Waals surface area (Å²) in [7, 11) is 0. The van der Waals surface area contributed by atoms with Gasteiger partial charge in [0.25, 0.3) is 5.91 Å². The van der Waals surface area contributed by atoms with Crippen molar-refractivity contribution in [1.82, 2.24) is 5.43 Å². The molecule has 0 aromatic heterocycles. The molecule has 0 unspecified atom stereocenters. The van der Waals surface area contributed by atoms with Gasteiger partial charge in [-0.1, -0.05) is 18.6 Å². The second-order valence-electron chi connectivity index (χ2n) is 5.57. The van der Waals surface area contributed by atoms with E-state index < -0.39 is 0 Å². The highest BCUT2D eigenvalue weighted by Crippen LogP contribution is 2.10. The summed E-state index contributed by atoms with van der Waals surface area (Å²) < 4.78 is 0. The predicted octanol–water partition coefficient (Wildman–Crippen LogP) is 3.76. The third-order valence-electron chi connectivity index (χ3n) is 3.15. The number of benzene rings is 1. The van der Waals surface area contributed by atoms with Crippen LogP contribution in [0.2, 0.25) is 0 Å². The van der Waals surface area contributed by atoms with E-state index in [4.69, 9.17) is 5.73 Å². The molecule has 0 spiro atoms. The standard InChI is InChI=1S/C17H25N3O/c1-13(2)5-4-6-14(3)11-12-19-20-17(21)15-7-9-16(18)10-8-15/h5,7-10,12,14H,4,6,11,18H2,1-3H3,(H,20,21)/b19-12-/t14-/m1/s1. The Bertz CT molecular complexity index is 499. The number of amides is 1. The van der Waals surface area contributed by atoms with Gasteiger partial charge in [0.1, 0.15) is 0 Å². The molecule has 0 aliphatic heterocycles. The third kappa shape index (κ3) is 7.30. The van der Waals surface area contributed by atoms with Crippen LogP contribution in [0.5, 0.6) is 0 Å². The second-order valence-corrected chi connectivity index (χ2v) is 5.57. The van der Waals surface area contributed by atoms with Crippen molar-refractivity contribution in [2.75, 3.05) is 5.73 Å². The number of carbonyl (C=O) groups is 1. The van der Waals surface area contributed by atoms with Crippen molar-refractivity contribution in [3.63, 3.8) is 0 Å². The van der Waals surface area contributed by atoms with Gasteiger partial charge in [-0.05, 0) is 63.3 Å². The van der Waals surface area contributed by atoms with E-state index in [1.165, 1.54) is 5.57 Å². The van der Waals surface area contributed by atoms with Crippen LogP contribution < -0.4 is 11.2 Å².